The van der Waals surface area contributed by atoms with E-state index in [2.05, 4.69) is 11.1 Å². The molecule has 0 amide bonds. The maximum Gasteiger partial charge on any atom is 0.196 e. The van der Waals surface area contributed by atoms with Crippen LogP contribution in [0.5, 0.6) is 5.75 Å². The normalized spacial score (nSPS) is 15.1. The Morgan fingerprint density at radius 1 is 1.11 bits per heavy atom. The second-order valence-electron chi connectivity index (χ2n) is 6.57. The Kier molecular flexibility index (Phi) is 3.53. The molecule has 2 aromatic carbocycles. The number of amidine groups is 1. The smallest absolute Gasteiger partial charge is 0.196 e. The standard InChI is InChI=1S/C22H17N3O2/c1-27-17-8-7-15-11-16-12-18(20(26)14-5-3-2-4-6-14)22-23-9-10-25(22)21(16)24-19(15)13-17/h2-8,11-13H,9-10H2,1H3. The van der Waals surface area contributed by atoms with Crippen LogP contribution in [-0.2, 0) is 0 Å². The summed E-state index contributed by atoms with van der Waals surface area (Å²) in [5, 5.41) is 1.01. The monoisotopic (exact) mass is 355 g/mol. The molecular weight excluding hydrogens is 338 g/mol. The van der Waals surface area contributed by atoms with Crippen LogP contribution >= 0.6 is 0 Å². The topological polar surface area (TPSA) is 54.8 Å². The highest BCUT2D eigenvalue weighted by atomic mass is 16.5. The number of methoxy groups -OCH3 is 1. The van der Waals surface area contributed by atoms with Crippen LogP contribution in [0, 0.1) is 0 Å². The summed E-state index contributed by atoms with van der Waals surface area (Å²) in [6.45, 7) is 1.39. The molecule has 0 saturated heterocycles. The summed E-state index contributed by atoms with van der Waals surface area (Å²) in [4.78, 5) is 24.6. The van der Waals surface area contributed by atoms with Crippen molar-refractivity contribution >= 4 is 34.4 Å². The molecule has 0 aliphatic carbocycles. The molecule has 0 N–H and O–H groups in total. The lowest BCUT2D eigenvalue weighted by molar-refractivity contribution is 0.104. The largest absolute Gasteiger partial charge is 0.497 e. The number of aliphatic imine (C=N–C) groups is 1. The molecular formula is C22H17N3O2. The zero-order valence-electron chi connectivity index (χ0n) is 14.8. The number of benzene rings is 2. The highest BCUT2D eigenvalue weighted by Gasteiger charge is 2.32. The van der Waals surface area contributed by atoms with Crippen LogP contribution in [0.2, 0.25) is 0 Å². The molecule has 5 nitrogen and oxygen atoms in total. The first-order chi connectivity index (χ1) is 13.2. The molecule has 3 aromatic rings. The van der Waals surface area contributed by atoms with Crippen molar-refractivity contribution in [3.8, 4) is 5.75 Å². The Bertz CT molecular complexity index is 1130. The first-order valence-corrected chi connectivity index (χ1v) is 8.87. The predicted molar refractivity (Wildman–Crippen MR) is 107 cm³/mol. The van der Waals surface area contributed by atoms with Crippen LogP contribution < -0.4 is 9.64 Å². The average molecular weight is 355 g/mol. The molecule has 1 aromatic heterocycles. The first kappa shape index (κ1) is 15.8. The molecule has 132 valence electrons. The zero-order chi connectivity index (χ0) is 18.4. The van der Waals surface area contributed by atoms with Crippen LogP contribution in [0.3, 0.4) is 0 Å². The SMILES string of the molecule is COc1ccc2cc3c(nc2c1)N1CCN=C1C(C(=O)c1ccccc1)=C3. The Balaban J connectivity index is 1.68. The van der Waals surface area contributed by atoms with E-state index < -0.39 is 0 Å². The third kappa shape index (κ3) is 2.51. The summed E-state index contributed by atoms with van der Waals surface area (Å²) >= 11 is 0. The number of rotatable bonds is 3. The molecule has 0 spiro atoms. The summed E-state index contributed by atoms with van der Waals surface area (Å²) in [6.07, 6.45) is 1.92. The maximum atomic E-state index is 13.1. The fourth-order valence-corrected chi connectivity index (χ4v) is 3.62. The highest BCUT2D eigenvalue weighted by Crippen LogP contribution is 2.34. The number of pyridine rings is 1. The number of hydrogen-bond donors (Lipinski definition) is 0. The minimum Gasteiger partial charge on any atom is -0.497 e. The molecule has 2 aliphatic rings. The van der Waals surface area contributed by atoms with Crippen molar-refractivity contribution in [2.24, 2.45) is 4.99 Å². The van der Waals surface area contributed by atoms with Crippen molar-refractivity contribution in [1.82, 2.24) is 4.98 Å². The van der Waals surface area contributed by atoms with E-state index >= 15 is 0 Å². The van der Waals surface area contributed by atoms with Crippen molar-refractivity contribution in [2.45, 2.75) is 0 Å². The number of carbonyl (C=O) groups is 1. The van der Waals surface area contributed by atoms with Gasteiger partial charge in [0.05, 0.1) is 24.7 Å². The molecule has 0 saturated carbocycles. The Morgan fingerprint density at radius 3 is 2.78 bits per heavy atom. The Morgan fingerprint density at radius 2 is 1.96 bits per heavy atom. The van der Waals surface area contributed by atoms with Gasteiger partial charge in [-0.15, -0.1) is 0 Å². The molecule has 5 rings (SSSR count). The zero-order valence-corrected chi connectivity index (χ0v) is 14.8. The number of fused-ring (bicyclic) bond motifs is 4. The van der Waals surface area contributed by atoms with E-state index in [0.29, 0.717) is 23.5 Å². The molecule has 2 aliphatic heterocycles. The van der Waals surface area contributed by atoms with Gasteiger partial charge in [0, 0.05) is 29.1 Å². The minimum absolute atomic E-state index is 0.0123. The maximum absolute atomic E-state index is 13.1. The van der Waals surface area contributed by atoms with Gasteiger partial charge in [0.25, 0.3) is 0 Å². The summed E-state index contributed by atoms with van der Waals surface area (Å²) in [7, 11) is 1.65. The fourth-order valence-electron chi connectivity index (χ4n) is 3.62. The second kappa shape index (κ2) is 6.06. The van der Waals surface area contributed by atoms with Crippen molar-refractivity contribution < 1.29 is 9.53 Å². The Labute approximate surface area is 156 Å². The number of anilines is 1. The van der Waals surface area contributed by atoms with Gasteiger partial charge in [-0.2, -0.15) is 0 Å². The third-order valence-electron chi connectivity index (χ3n) is 4.95. The summed E-state index contributed by atoms with van der Waals surface area (Å²) in [5.74, 6) is 2.32. The fraction of sp³-hybridized carbons (Fsp3) is 0.136. The van der Waals surface area contributed by atoms with E-state index in [1.165, 1.54) is 0 Å². The number of nitrogens with zero attached hydrogens (tertiary/aromatic N) is 3. The van der Waals surface area contributed by atoms with E-state index in [9.17, 15) is 4.79 Å². The number of hydrogen-bond acceptors (Lipinski definition) is 5. The van der Waals surface area contributed by atoms with E-state index in [1.54, 1.807) is 7.11 Å². The van der Waals surface area contributed by atoms with Gasteiger partial charge < -0.3 is 9.64 Å². The molecule has 5 heteroatoms. The number of ether oxygens (including phenoxy) is 1. The molecule has 0 atom stereocenters. The van der Waals surface area contributed by atoms with Gasteiger partial charge >= 0.3 is 0 Å². The first-order valence-electron chi connectivity index (χ1n) is 8.87. The third-order valence-corrected chi connectivity index (χ3v) is 4.95. The van der Waals surface area contributed by atoms with Gasteiger partial charge in [0.15, 0.2) is 5.78 Å². The van der Waals surface area contributed by atoms with Gasteiger partial charge in [-0.3, -0.25) is 9.79 Å². The van der Waals surface area contributed by atoms with Crippen LogP contribution in [0.15, 0.2) is 65.2 Å². The van der Waals surface area contributed by atoms with E-state index in [4.69, 9.17) is 9.72 Å². The predicted octanol–water partition coefficient (Wildman–Crippen LogP) is 3.74. The van der Waals surface area contributed by atoms with Crippen molar-refractivity contribution in [3.05, 3.63) is 71.3 Å². The molecule has 0 fully saturated rings. The van der Waals surface area contributed by atoms with Crippen molar-refractivity contribution in [3.63, 3.8) is 0 Å². The minimum atomic E-state index is -0.0123. The number of Topliss-reactive ketones (excluding diaryl/α,β-unsaturated/α-hetero) is 1. The molecule has 3 heterocycles. The van der Waals surface area contributed by atoms with Gasteiger partial charge in [-0.25, -0.2) is 4.98 Å². The lowest BCUT2D eigenvalue weighted by Crippen LogP contribution is -2.35. The van der Waals surface area contributed by atoms with Crippen molar-refractivity contribution in [2.75, 3.05) is 25.1 Å². The molecule has 0 unspecified atom stereocenters. The van der Waals surface area contributed by atoms with Crippen LogP contribution in [0.1, 0.15) is 15.9 Å². The highest BCUT2D eigenvalue weighted by molar-refractivity contribution is 6.35. The van der Waals surface area contributed by atoms with E-state index in [0.717, 1.165) is 34.6 Å². The van der Waals surface area contributed by atoms with E-state index in [-0.39, 0.29) is 5.78 Å². The Hall–Kier alpha value is -3.47. The number of carbonyl (C=O) groups excluding carboxylic acids is 1. The van der Waals surface area contributed by atoms with Crippen molar-refractivity contribution in [1.29, 1.82) is 0 Å². The number of aromatic nitrogens is 1. The van der Waals surface area contributed by atoms with Crippen LogP contribution in [-0.4, -0.2) is 36.8 Å². The lowest BCUT2D eigenvalue weighted by Gasteiger charge is -2.27. The number of ketones is 1. The van der Waals surface area contributed by atoms with Crippen LogP contribution in [0.4, 0.5) is 5.82 Å². The summed E-state index contributed by atoms with van der Waals surface area (Å²) in [5.41, 5.74) is 3.10. The lowest BCUT2D eigenvalue weighted by atomic mass is 9.96. The van der Waals surface area contributed by atoms with Gasteiger partial charge in [-0.1, -0.05) is 30.3 Å². The van der Waals surface area contributed by atoms with Gasteiger partial charge in [0.1, 0.15) is 17.4 Å². The summed E-state index contributed by atoms with van der Waals surface area (Å²) < 4.78 is 5.32. The van der Waals surface area contributed by atoms with Gasteiger partial charge in [0.2, 0.25) is 0 Å². The molecule has 0 bridgehead atoms. The average Bonchev–Trinajstić information content (AvgIpc) is 3.21. The van der Waals surface area contributed by atoms with E-state index in [1.807, 2.05) is 59.5 Å². The van der Waals surface area contributed by atoms with Crippen LogP contribution in [0.25, 0.3) is 17.0 Å². The quantitative estimate of drug-likeness (QED) is 0.672. The second-order valence-corrected chi connectivity index (χ2v) is 6.57. The molecule has 0 radical (unpaired) electrons. The summed E-state index contributed by atoms with van der Waals surface area (Å²) in [6, 6.07) is 17.2. The van der Waals surface area contributed by atoms with Gasteiger partial charge in [-0.05, 0) is 24.3 Å². The molecule has 27 heavy (non-hydrogen) atoms.